The van der Waals surface area contributed by atoms with Gasteiger partial charge in [-0.1, -0.05) is 23.7 Å². The average Bonchev–Trinajstić information content (AvgIpc) is 2.74. The van der Waals surface area contributed by atoms with Gasteiger partial charge in [-0.05, 0) is 42.8 Å². The van der Waals surface area contributed by atoms with Gasteiger partial charge in [0.05, 0.1) is 10.4 Å². The van der Waals surface area contributed by atoms with Crippen molar-refractivity contribution in [1.82, 2.24) is 15.0 Å². The standard InChI is InChI=1S/C21H17ClN4O3S/c1-14-17(22)5-2-6-20(14)30(27,28)26-19-10-16-12-24-9-7-18(16)25-21(19)29-13-15-4-3-8-23-11-15/h2-12,26H,13H2,1H3. The van der Waals surface area contributed by atoms with Gasteiger partial charge in [0, 0.05) is 40.8 Å². The van der Waals surface area contributed by atoms with Crippen LogP contribution in [0, 0.1) is 6.92 Å². The normalized spacial score (nSPS) is 11.4. The lowest BCUT2D eigenvalue weighted by Crippen LogP contribution is -2.16. The molecule has 0 aliphatic heterocycles. The molecule has 3 aromatic heterocycles. The highest BCUT2D eigenvalue weighted by molar-refractivity contribution is 7.92. The van der Waals surface area contributed by atoms with Crippen molar-refractivity contribution < 1.29 is 13.2 Å². The predicted molar refractivity (Wildman–Crippen MR) is 115 cm³/mol. The third kappa shape index (κ3) is 4.19. The molecular formula is C21H17ClN4O3S. The number of sulfonamides is 1. The maximum atomic E-state index is 13.1. The fourth-order valence-electron chi connectivity index (χ4n) is 2.90. The van der Waals surface area contributed by atoms with Crippen LogP contribution in [-0.2, 0) is 16.6 Å². The van der Waals surface area contributed by atoms with Crippen LogP contribution >= 0.6 is 11.6 Å². The van der Waals surface area contributed by atoms with E-state index in [9.17, 15) is 8.42 Å². The lowest BCUT2D eigenvalue weighted by molar-refractivity contribution is 0.296. The zero-order valence-electron chi connectivity index (χ0n) is 15.9. The van der Waals surface area contributed by atoms with Gasteiger partial charge < -0.3 is 4.74 Å². The Morgan fingerprint density at radius 2 is 1.90 bits per heavy atom. The summed E-state index contributed by atoms with van der Waals surface area (Å²) in [6.45, 7) is 1.83. The number of nitrogens with zero attached hydrogens (tertiary/aromatic N) is 3. The minimum Gasteiger partial charge on any atom is -0.471 e. The molecule has 4 rings (SSSR count). The molecule has 0 aliphatic rings. The first-order valence-corrected chi connectivity index (χ1v) is 10.8. The van der Waals surface area contributed by atoms with E-state index >= 15 is 0 Å². The summed E-state index contributed by atoms with van der Waals surface area (Å²) in [7, 11) is -3.93. The Hall–Kier alpha value is -3.23. The fraction of sp³-hybridized carbons (Fsp3) is 0.0952. The Labute approximate surface area is 178 Å². The molecule has 30 heavy (non-hydrogen) atoms. The molecule has 0 aliphatic carbocycles. The molecule has 4 aromatic rings. The molecule has 0 saturated carbocycles. The van der Waals surface area contributed by atoms with Crippen molar-refractivity contribution in [3.8, 4) is 5.88 Å². The van der Waals surface area contributed by atoms with Crippen molar-refractivity contribution in [3.63, 3.8) is 0 Å². The van der Waals surface area contributed by atoms with E-state index in [1.807, 2.05) is 6.07 Å². The van der Waals surface area contributed by atoms with E-state index in [-0.39, 0.29) is 23.1 Å². The molecule has 7 nitrogen and oxygen atoms in total. The summed E-state index contributed by atoms with van der Waals surface area (Å²) in [6, 6.07) is 11.8. The van der Waals surface area contributed by atoms with Gasteiger partial charge in [-0.15, -0.1) is 0 Å². The van der Waals surface area contributed by atoms with Crippen LogP contribution < -0.4 is 9.46 Å². The summed E-state index contributed by atoms with van der Waals surface area (Å²) in [5.74, 6) is 0.154. The quantitative estimate of drug-likeness (QED) is 0.478. The number of rotatable bonds is 6. The van der Waals surface area contributed by atoms with Crippen molar-refractivity contribution >= 4 is 38.2 Å². The lowest BCUT2D eigenvalue weighted by atomic mass is 10.2. The molecule has 0 spiro atoms. The van der Waals surface area contributed by atoms with Crippen LogP contribution in [0.4, 0.5) is 5.69 Å². The van der Waals surface area contributed by atoms with Crippen molar-refractivity contribution in [1.29, 1.82) is 0 Å². The van der Waals surface area contributed by atoms with Gasteiger partial charge in [0.15, 0.2) is 0 Å². The van der Waals surface area contributed by atoms with Gasteiger partial charge in [0.2, 0.25) is 5.88 Å². The molecule has 1 aromatic carbocycles. The molecule has 0 fully saturated rings. The van der Waals surface area contributed by atoms with Crippen molar-refractivity contribution in [3.05, 3.63) is 83.4 Å². The number of hydrogen-bond donors (Lipinski definition) is 1. The summed E-state index contributed by atoms with van der Waals surface area (Å²) in [6.07, 6.45) is 6.55. The first-order valence-electron chi connectivity index (χ1n) is 8.98. The van der Waals surface area contributed by atoms with E-state index in [4.69, 9.17) is 16.3 Å². The summed E-state index contributed by atoms with van der Waals surface area (Å²) >= 11 is 6.11. The first kappa shape index (κ1) is 20.1. The monoisotopic (exact) mass is 440 g/mol. The van der Waals surface area contributed by atoms with Gasteiger partial charge in [0.1, 0.15) is 12.3 Å². The summed E-state index contributed by atoms with van der Waals surface area (Å²) in [4.78, 5) is 12.7. The van der Waals surface area contributed by atoms with E-state index in [1.54, 1.807) is 62.0 Å². The molecular weight excluding hydrogens is 424 g/mol. The van der Waals surface area contributed by atoms with Crippen molar-refractivity contribution in [2.24, 2.45) is 0 Å². The highest BCUT2D eigenvalue weighted by Gasteiger charge is 2.21. The molecule has 152 valence electrons. The van der Waals surface area contributed by atoms with E-state index in [0.29, 0.717) is 21.5 Å². The largest absolute Gasteiger partial charge is 0.471 e. The molecule has 1 N–H and O–H groups in total. The van der Waals surface area contributed by atoms with Crippen LogP contribution in [0.25, 0.3) is 10.9 Å². The average molecular weight is 441 g/mol. The molecule has 0 radical (unpaired) electrons. The zero-order valence-corrected chi connectivity index (χ0v) is 17.5. The second-order valence-electron chi connectivity index (χ2n) is 6.53. The van der Waals surface area contributed by atoms with Crippen LogP contribution in [-0.4, -0.2) is 23.4 Å². The molecule has 0 bridgehead atoms. The lowest BCUT2D eigenvalue weighted by Gasteiger charge is -2.15. The Bertz CT molecular complexity index is 1310. The zero-order chi connectivity index (χ0) is 21.1. The molecule has 0 amide bonds. The number of anilines is 1. The number of ether oxygens (including phenoxy) is 1. The molecule has 0 unspecified atom stereocenters. The molecule has 9 heteroatoms. The molecule has 3 heterocycles. The van der Waals surface area contributed by atoms with E-state index < -0.39 is 10.0 Å². The van der Waals surface area contributed by atoms with Crippen molar-refractivity contribution in [2.45, 2.75) is 18.4 Å². The van der Waals surface area contributed by atoms with Crippen LogP contribution in [0.1, 0.15) is 11.1 Å². The van der Waals surface area contributed by atoms with Crippen LogP contribution in [0.15, 0.2) is 72.1 Å². The third-order valence-corrected chi connectivity index (χ3v) is 6.35. The number of nitrogens with one attached hydrogen (secondary N) is 1. The third-order valence-electron chi connectivity index (χ3n) is 4.43. The Morgan fingerprint density at radius 1 is 1.07 bits per heavy atom. The van der Waals surface area contributed by atoms with Crippen LogP contribution in [0.3, 0.4) is 0 Å². The minimum absolute atomic E-state index is 0.0829. The second kappa shape index (κ2) is 8.25. The number of hydrogen-bond acceptors (Lipinski definition) is 6. The highest BCUT2D eigenvalue weighted by Crippen LogP contribution is 2.31. The van der Waals surface area contributed by atoms with E-state index in [1.165, 1.54) is 6.07 Å². The maximum Gasteiger partial charge on any atom is 0.262 e. The van der Waals surface area contributed by atoms with Gasteiger partial charge in [0.25, 0.3) is 10.0 Å². The molecule has 0 saturated heterocycles. The highest BCUT2D eigenvalue weighted by atomic mass is 35.5. The maximum absolute atomic E-state index is 13.1. The predicted octanol–water partition coefficient (Wildman–Crippen LogP) is 4.37. The van der Waals surface area contributed by atoms with Gasteiger partial charge in [-0.25, -0.2) is 13.4 Å². The van der Waals surface area contributed by atoms with Gasteiger partial charge in [-0.3, -0.25) is 14.7 Å². The topological polar surface area (TPSA) is 94.1 Å². The Balaban J connectivity index is 1.73. The smallest absolute Gasteiger partial charge is 0.262 e. The Kier molecular flexibility index (Phi) is 5.52. The van der Waals surface area contributed by atoms with Crippen LogP contribution in [0.2, 0.25) is 5.02 Å². The number of pyridine rings is 3. The van der Waals surface area contributed by atoms with Gasteiger partial charge in [-0.2, -0.15) is 0 Å². The van der Waals surface area contributed by atoms with E-state index in [0.717, 1.165) is 5.56 Å². The summed E-state index contributed by atoms with van der Waals surface area (Å²) in [5.41, 5.74) is 2.13. The van der Waals surface area contributed by atoms with E-state index in [2.05, 4.69) is 19.7 Å². The second-order valence-corrected chi connectivity index (χ2v) is 8.59. The Morgan fingerprint density at radius 3 is 2.70 bits per heavy atom. The first-order chi connectivity index (χ1) is 14.4. The van der Waals surface area contributed by atoms with Crippen LogP contribution in [0.5, 0.6) is 5.88 Å². The molecule has 0 atom stereocenters. The number of benzene rings is 1. The summed E-state index contributed by atoms with van der Waals surface area (Å²) in [5, 5.41) is 1.04. The number of fused-ring (bicyclic) bond motifs is 1. The minimum atomic E-state index is -3.93. The fourth-order valence-corrected chi connectivity index (χ4v) is 4.44. The number of halogens is 1. The SMILES string of the molecule is Cc1c(Cl)cccc1S(=O)(=O)Nc1cc2cnccc2nc1OCc1cccnc1. The van der Waals surface area contributed by atoms with Gasteiger partial charge >= 0.3 is 0 Å². The number of aromatic nitrogens is 3. The summed E-state index contributed by atoms with van der Waals surface area (Å²) < 4.78 is 34.5. The van der Waals surface area contributed by atoms with Crippen molar-refractivity contribution in [2.75, 3.05) is 4.72 Å².